The zero-order valence-corrected chi connectivity index (χ0v) is 13.7. The van der Waals surface area contributed by atoms with Crippen LogP contribution in [0.4, 0.5) is 5.69 Å². The molecule has 0 spiro atoms. The van der Waals surface area contributed by atoms with Crippen LogP contribution in [0.5, 0.6) is 0 Å². The summed E-state index contributed by atoms with van der Waals surface area (Å²) in [5, 5.41) is 20.3. The van der Waals surface area contributed by atoms with E-state index in [1.165, 1.54) is 5.56 Å². The third-order valence-electron chi connectivity index (χ3n) is 3.73. The van der Waals surface area contributed by atoms with Gasteiger partial charge in [-0.1, -0.05) is 29.8 Å². The van der Waals surface area contributed by atoms with Crippen LogP contribution in [0.3, 0.4) is 0 Å². The van der Waals surface area contributed by atoms with E-state index in [0.29, 0.717) is 18.2 Å². The van der Waals surface area contributed by atoms with Gasteiger partial charge in [0, 0.05) is 11.3 Å². The van der Waals surface area contributed by atoms with Crippen molar-refractivity contribution in [3.05, 3.63) is 65.5 Å². The van der Waals surface area contributed by atoms with Gasteiger partial charge >= 0.3 is 0 Å². The molecule has 1 unspecified atom stereocenters. The van der Waals surface area contributed by atoms with Gasteiger partial charge in [0.1, 0.15) is 6.04 Å². The molecule has 1 heterocycles. The van der Waals surface area contributed by atoms with Crippen molar-refractivity contribution in [2.75, 3.05) is 5.32 Å². The minimum absolute atomic E-state index is 0.112. The topological polar surface area (TPSA) is 74.7 Å². The fourth-order valence-corrected chi connectivity index (χ4v) is 2.34. The third-order valence-corrected chi connectivity index (χ3v) is 3.73. The number of aryl methyl sites for hydroxylation is 1. The fraction of sp³-hybridized carbons (Fsp3) is 0.211. The summed E-state index contributed by atoms with van der Waals surface area (Å²) in [6.07, 6.45) is 0.416. The van der Waals surface area contributed by atoms with E-state index in [9.17, 15) is 0 Å². The summed E-state index contributed by atoms with van der Waals surface area (Å²) in [5.41, 5.74) is 4.04. The molecule has 1 aromatic heterocycles. The Kier molecular flexibility index (Phi) is 4.57. The van der Waals surface area contributed by atoms with E-state index in [2.05, 4.69) is 21.6 Å². The number of hydrogen-bond acceptors (Lipinski definition) is 5. The predicted octanol–water partition coefficient (Wildman–Crippen LogP) is 4.28. The summed E-state index contributed by atoms with van der Waals surface area (Å²) < 4.78 is 5.78. The molecule has 0 aliphatic rings. The van der Waals surface area contributed by atoms with Gasteiger partial charge in [0.25, 0.3) is 0 Å². The molecule has 3 aromatic rings. The van der Waals surface area contributed by atoms with E-state index >= 15 is 0 Å². The third kappa shape index (κ3) is 3.61. The van der Waals surface area contributed by atoms with Crippen LogP contribution in [0.2, 0.25) is 0 Å². The van der Waals surface area contributed by atoms with E-state index in [1.807, 2.05) is 62.4 Å². The number of anilines is 1. The molecule has 3 rings (SSSR count). The second-order valence-corrected chi connectivity index (χ2v) is 5.71. The molecule has 120 valence electrons. The number of nitrogens with zero attached hydrogens (tertiary/aromatic N) is 3. The van der Waals surface area contributed by atoms with Crippen molar-refractivity contribution in [2.24, 2.45) is 0 Å². The maximum atomic E-state index is 8.70. The van der Waals surface area contributed by atoms with Gasteiger partial charge in [-0.15, -0.1) is 10.2 Å². The summed E-state index contributed by atoms with van der Waals surface area (Å²) in [7, 11) is 0. The van der Waals surface area contributed by atoms with E-state index in [4.69, 9.17) is 9.68 Å². The summed E-state index contributed by atoms with van der Waals surface area (Å²) in [6, 6.07) is 17.8. The van der Waals surface area contributed by atoms with Crippen molar-refractivity contribution in [1.29, 1.82) is 5.26 Å². The molecular formula is C19H18N4O. The smallest absolute Gasteiger partial charge is 0.247 e. The van der Waals surface area contributed by atoms with Gasteiger partial charge in [-0.2, -0.15) is 5.26 Å². The second kappa shape index (κ2) is 6.97. The Hall–Kier alpha value is -3.13. The molecule has 0 fully saturated rings. The average Bonchev–Trinajstić information content (AvgIpc) is 3.08. The standard InChI is InChI=1S/C19H18N4O/c1-13-3-7-16(8-4-13)19-23-22-18(24-19)14(2)21-17-9-5-15(6-10-17)11-12-20/h3-10,14,21H,11H2,1-2H3. The summed E-state index contributed by atoms with van der Waals surface area (Å²) in [4.78, 5) is 0. The highest BCUT2D eigenvalue weighted by molar-refractivity contribution is 5.53. The van der Waals surface area contributed by atoms with Crippen LogP contribution < -0.4 is 5.32 Å². The van der Waals surface area contributed by atoms with Crippen molar-refractivity contribution < 1.29 is 4.42 Å². The number of nitriles is 1. The fourth-order valence-electron chi connectivity index (χ4n) is 2.34. The SMILES string of the molecule is Cc1ccc(-c2nnc(C(C)Nc3ccc(CC#N)cc3)o2)cc1. The van der Waals surface area contributed by atoms with Gasteiger partial charge in [0.2, 0.25) is 11.8 Å². The van der Waals surface area contributed by atoms with Crippen LogP contribution >= 0.6 is 0 Å². The first kappa shape index (κ1) is 15.8. The molecule has 0 saturated heterocycles. The zero-order chi connectivity index (χ0) is 16.9. The van der Waals surface area contributed by atoms with Crippen LogP contribution in [0.1, 0.15) is 30.0 Å². The first-order valence-electron chi connectivity index (χ1n) is 7.78. The molecular weight excluding hydrogens is 300 g/mol. The highest BCUT2D eigenvalue weighted by Gasteiger charge is 2.15. The predicted molar refractivity (Wildman–Crippen MR) is 92.3 cm³/mol. The van der Waals surface area contributed by atoms with E-state index in [0.717, 1.165) is 16.8 Å². The van der Waals surface area contributed by atoms with Crippen LogP contribution in [0.25, 0.3) is 11.5 Å². The maximum absolute atomic E-state index is 8.70. The minimum Gasteiger partial charge on any atom is -0.418 e. The largest absolute Gasteiger partial charge is 0.418 e. The molecule has 1 atom stereocenters. The maximum Gasteiger partial charge on any atom is 0.247 e. The van der Waals surface area contributed by atoms with Crippen LogP contribution in [-0.2, 0) is 6.42 Å². The first-order chi connectivity index (χ1) is 11.7. The molecule has 0 saturated carbocycles. The lowest BCUT2D eigenvalue weighted by molar-refractivity contribution is 0.485. The Morgan fingerprint density at radius 3 is 2.46 bits per heavy atom. The van der Waals surface area contributed by atoms with Gasteiger partial charge in [-0.25, -0.2) is 0 Å². The Labute approximate surface area is 141 Å². The molecule has 0 amide bonds. The average molecular weight is 318 g/mol. The van der Waals surface area contributed by atoms with E-state index in [1.54, 1.807) is 0 Å². The van der Waals surface area contributed by atoms with Gasteiger partial charge in [0.15, 0.2) is 0 Å². The lowest BCUT2D eigenvalue weighted by Gasteiger charge is -2.11. The number of aromatic nitrogens is 2. The lowest BCUT2D eigenvalue weighted by atomic mass is 10.1. The van der Waals surface area contributed by atoms with Crippen LogP contribution in [0, 0.1) is 18.3 Å². The van der Waals surface area contributed by atoms with Gasteiger partial charge in [-0.3, -0.25) is 0 Å². The van der Waals surface area contributed by atoms with Gasteiger partial charge in [0.05, 0.1) is 12.5 Å². The van der Waals surface area contributed by atoms with Crippen LogP contribution in [-0.4, -0.2) is 10.2 Å². The van der Waals surface area contributed by atoms with Crippen molar-refractivity contribution in [3.8, 4) is 17.5 Å². The van der Waals surface area contributed by atoms with E-state index in [-0.39, 0.29) is 6.04 Å². The highest BCUT2D eigenvalue weighted by atomic mass is 16.4. The first-order valence-corrected chi connectivity index (χ1v) is 7.78. The zero-order valence-electron chi connectivity index (χ0n) is 13.7. The molecule has 1 N–H and O–H groups in total. The molecule has 2 aromatic carbocycles. The lowest BCUT2D eigenvalue weighted by Crippen LogP contribution is -2.06. The normalized spacial score (nSPS) is 11.7. The number of rotatable bonds is 5. The van der Waals surface area contributed by atoms with Crippen molar-refractivity contribution in [1.82, 2.24) is 10.2 Å². The van der Waals surface area contributed by atoms with Crippen molar-refractivity contribution in [3.63, 3.8) is 0 Å². The van der Waals surface area contributed by atoms with E-state index < -0.39 is 0 Å². The molecule has 5 heteroatoms. The van der Waals surface area contributed by atoms with Crippen LogP contribution in [0.15, 0.2) is 52.9 Å². The summed E-state index contributed by atoms with van der Waals surface area (Å²) in [6.45, 7) is 4.01. The second-order valence-electron chi connectivity index (χ2n) is 5.71. The molecule has 0 radical (unpaired) electrons. The Balaban J connectivity index is 1.70. The van der Waals surface area contributed by atoms with Gasteiger partial charge < -0.3 is 9.73 Å². The Bertz CT molecular complexity index is 844. The number of nitrogens with one attached hydrogen (secondary N) is 1. The Morgan fingerprint density at radius 1 is 1.08 bits per heavy atom. The molecule has 0 bridgehead atoms. The minimum atomic E-state index is -0.112. The molecule has 0 aliphatic heterocycles. The number of hydrogen-bond donors (Lipinski definition) is 1. The van der Waals surface area contributed by atoms with Crippen molar-refractivity contribution >= 4 is 5.69 Å². The molecule has 24 heavy (non-hydrogen) atoms. The summed E-state index contributed by atoms with van der Waals surface area (Å²) in [5.74, 6) is 1.05. The highest BCUT2D eigenvalue weighted by Crippen LogP contribution is 2.23. The monoisotopic (exact) mass is 318 g/mol. The Morgan fingerprint density at radius 2 is 1.79 bits per heavy atom. The summed E-state index contributed by atoms with van der Waals surface area (Å²) >= 11 is 0. The quantitative estimate of drug-likeness (QED) is 0.759. The molecule has 5 nitrogen and oxygen atoms in total. The van der Waals surface area contributed by atoms with Gasteiger partial charge in [-0.05, 0) is 43.7 Å². The van der Waals surface area contributed by atoms with Crippen molar-refractivity contribution in [2.45, 2.75) is 26.3 Å². The number of benzene rings is 2. The molecule has 0 aliphatic carbocycles.